The van der Waals surface area contributed by atoms with Crippen molar-refractivity contribution in [1.29, 1.82) is 5.26 Å². The van der Waals surface area contributed by atoms with E-state index in [1.54, 1.807) is 30.3 Å². The first-order valence-corrected chi connectivity index (χ1v) is 6.50. The molecule has 0 aliphatic heterocycles. The maximum Gasteiger partial charge on any atom is 0.451 e. The molecule has 0 saturated heterocycles. The summed E-state index contributed by atoms with van der Waals surface area (Å²) in [6.07, 6.45) is -4.70. The zero-order chi connectivity index (χ0) is 16.4. The second-order valence-electron chi connectivity index (χ2n) is 4.58. The van der Waals surface area contributed by atoms with Crippen molar-refractivity contribution in [3.8, 4) is 17.7 Å². The Morgan fingerprint density at radius 1 is 0.957 bits per heavy atom. The van der Waals surface area contributed by atoms with Crippen molar-refractivity contribution in [3.63, 3.8) is 0 Å². The quantitative estimate of drug-likeness (QED) is 0.707. The molecule has 1 heterocycles. The SMILES string of the molecule is N#Cc1ccccc1Oc1nc(C(F)(F)F)nc2ccccc12. The zero-order valence-corrected chi connectivity index (χ0v) is 11.5. The Labute approximate surface area is 128 Å². The highest BCUT2D eigenvalue weighted by Gasteiger charge is 2.36. The molecular weight excluding hydrogens is 307 g/mol. The molecule has 114 valence electrons. The van der Waals surface area contributed by atoms with E-state index >= 15 is 0 Å². The van der Waals surface area contributed by atoms with E-state index in [9.17, 15) is 13.2 Å². The van der Waals surface area contributed by atoms with Crippen LogP contribution >= 0.6 is 0 Å². The average Bonchev–Trinajstić information content (AvgIpc) is 2.54. The van der Waals surface area contributed by atoms with Gasteiger partial charge in [0.15, 0.2) is 0 Å². The largest absolute Gasteiger partial charge is 0.451 e. The summed E-state index contributed by atoms with van der Waals surface area (Å²) in [5.41, 5.74) is 0.308. The molecule has 0 aliphatic rings. The first-order chi connectivity index (χ1) is 11.0. The van der Waals surface area contributed by atoms with Crippen LogP contribution in [-0.4, -0.2) is 9.97 Å². The van der Waals surface area contributed by atoms with Crippen LogP contribution in [0, 0.1) is 11.3 Å². The third-order valence-electron chi connectivity index (χ3n) is 3.04. The monoisotopic (exact) mass is 315 g/mol. The molecule has 0 spiro atoms. The van der Waals surface area contributed by atoms with E-state index in [-0.39, 0.29) is 22.7 Å². The van der Waals surface area contributed by atoms with Gasteiger partial charge in [0.25, 0.3) is 0 Å². The summed E-state index contributed by atoms with van der Waals surface area (Å²) in [6.45, 7) is 0. The topological polar surface area (TPSA) is 58.8 Å². The maximum absolute atomic E-state index is 12.9. The number of hydrogen-bond donors (Lipinski definition) is 0. The van der Waals surface area contributed by atoms with Crippen molar-refractivity contribution in [2.45, 2.75) is 6.18 Å². The smallest absolute Gasteiger partial charge is 0.437 e. The van der Waals surface area contributed by atoms with Crippen LogP contribution in [0.25, 0.3) is 10.9 Å². The van der Waals surface area contributed by atoms with Gasteiger partial charge in [-0.2, -0.15) is 23.4 Å². The van der Waals surface area contributed by atoms with Crippen molar-refractivity contribution in [3.05, 3.63) is 59.9 Å². The van der Waals surface area contributed by atoms with E-state index in [0.29, 0.717) is 5.39 Å². The van der Waals surface area contributed by atoms with Gasteiger partial charge in [-0.3, -0.25) is 0 Å². The number of rotatable bonds is 2. The molecule has 0 bridgehead atoms. The number of hydrogen-bond acceptors (Lipinski definition) is 4. The summed E-state index contributed by atoms with van der Waals surface area (Å²) in [6, 6.07) is 14.4. The lowest BCUT2D eigenvalue weighted by molar-refractivity contribution is -0.144. The highest BCUT2D eigenvalue weighted by Crippen LogP contribution is 2.33. The van der Waals surface area contributed by atoms with Gasteiger partial charge >= 0.3 is 6.18 Å². The number of fused-ring (bicyclic) bond motifs is 1. The predicted molar refractivity (Wildman–Crippen MR) is 75.8 cm³/mol. The molecule has 0 radical (unpaired) electrons. The van der Waals surface area contributed by atoms with Gasteiger partial charge in [0, 0.05) is 0 Å². The van der Waals surface area contributed by atoms with Gasteiger partial charge < -0.3 is 4.74 Å². The Balaban J connectivity index is 2.18. The lowest BCUT2D eigenvalue weighted by Crippen LogP contribution is -2.12. The second kappa shape index (κ2) is 5.57. The molecule has 4 nitrogen and oxygen atoms in total. The molecule has 23 heavy (non-hydrogen) atoms. The van der Waals surface area contributed by atoms with Crippen LogP contribution in [0.2, 0.25) is 0 Å². The third kappa shape index (κ3) is 2.92. The molecule has 0 unspecified atom stereocenters. The highest BCUT2D eigenvalue weighted by molar-refractivity contribution is 5.83. The Morgan fingerprint density at radius 2 is 1.65 bits per heavy atom. The van der Waals surface area contributed by atoms with Gasteiger partial charge in [0.2, 0.25) is 11.7 Å². The number of nitrogens with zero attached hydrogens (tertiary/aromatic N) is 3. The van der Waals surface area contributed by atoms with Gasteiger partial charge in [-0.15, -0.1) is 0 Å². The number of benzene rings is 2. The van der Waals surface area contributed by atoms with Crippen LogP contribution in [0.1, 0.15) is 11.4 Å². The van der Waals surface area contributed by atoms with Crippen LogP contribution in [0.5, 0.6) is 11.6 Å². The van der Waals surface area contributed by atoms with Gasteiger partial charge in [-0.25, -0.2) is 4.98 Å². The Hall–Kier alpha value is -3.14. The van der Waals surface area contributed by atoms with E-state index in [2.05, 4.69) is 9.97 Å². The number of para-hydroxylation sites is 2. The van der Waals surface area contributed by atoms with E-state index < -0.39 is 12.0 Å². The first-order valence-electron chi connectivity index (χ1n) is 6.50. The third-order valence-corrected chi connectivity index (χ3v) is 3.04. The molecule has 3 aromatic rings. The van der Waals surface area contributed by atoms with Crippen LogP contribution in [0.4, 0.5) is 13.2 Å². The molecular formula is C16H8F3N3O. The highest BCUT2D eigenvalue weighted by atomic mass is 19.4. The second-order valence-corrected chi connectivity index (χ2v) is 4.58. The van der Waals surface area contributed by atoms with E-state index in [0.717, 1.165) is 0 Å². The van der Waals surface area contributed by atoms with E-state index in [1.807, 2.05) is 6.07 Å². The first kappa shape index (κ1) is 14.8. The molecule has 0 N–H and O–H groups in total. The molecule has 0 atom stereocenters. The Kier molecular flexibility index (Phi) is 3.58. The number of aromatic nitrogens is 2. The summed E-state index contributed by atoms with van der Waals surface area (Å²) in [5.74, 6) is -1.40. The normalized spacial score (nSPS) is 11.2. The fourth-order valence-electron chi connectivity index (χ4n) is 2.00. The Morgan fingerprint density at radius 3 is 2.39 bits per heavy atom. The minimum atomic E-state index is -4.70. The minimum absolute atomic E-state index is 0.110. The molecule has 3 rings (SSSR count). The van der Waals surface area contributed by atoms with Crippen LogP contribution in [0.15, 0.2) is 48.5 Å². The molecule has 2 aromatic carbocycles. The molecule has 0 saturated carbocycles. The van der Waals surface area contributed by atoms with Crippen LogP contribution in [-0.2, 0) is 6.18 Å². The van der Waals surface area contributed by atoms with Crippen molar-refractivity contribution in [2.24, 2.45) is 0 Å². The van der Waals surface area contributed by atoms with Crippen LogP contribution in [0.3, 0.4) is 0 Å². The summed E-state index contributed by atoms with van der Waals surface area (Å²) in [7, 11) is 0. The minimum Gasteiger partial charge on any atom is -0.437 e. The lowest BCUT2D eigenvalue weighted by atomic mass is 10.2. The van der Waals surface area contributed by atoms with Crippen molar-refractivity contribution >= 4 is 10.9 Å². The van der Waals surface area contributed by atoms with Crippen molar-refractivity contribution < 1.29 is 17.9 Å². The van der Waals surface area contributed by atoms with Crippen molar-refractivity contribution in [1.82, 2.24) is 9.97 Å². The molecule has 0 aliphatic carbocycles. The van der Waals surface area contributed by atoms with Gasteiger partial charge in [-0.05, 0) is 24.3 Å². The van der Waals surface area contributed by atoms with Gasteiger partial charge in [0.1, 0.15) is 11.8 Å². The summed E-state index contributed by atoms with van der Waals surface area (Å²) < 4.78 is 44.3. The van der Waals surface area contributed by atoms with Crippen LogP contribution < -0.4 is 4.74 Å². The Bertz CT molecular complexity index is 916. The van der Waals surface area contributed by atoms with Gasteiger partial charge in [-0.1, -0.05) is 24.3 Å². The maximum atomic E-state index is 12.9. The standard InChI is InChI=1S/C16H8F3N3O/c17-16(18,19)15-21-12-7-3-2-6-11(12)14(22-15)23-13-8-4-1-5-10(13)9-20/h1-8H. The average molecular weight is 315 g/mol. The number of ether oxygens (including phenoxy) is 1. The molecule has 7 heteroatoms. The van der Waals surface area contributed by atoms with E-state index in [1.165, 1.54) is 18.2 Å². The fraction of sp³-hybridized carbons (Fsp3) is 0.0625. The van der Waals surface area contributed by atoms with E-state index in [4.69, 9.17) is 10.00 Å². The zero-order valence-electron chi connectivity index (χ0n) is 11.5. The van der Waals surface area contributed by atoms with Crippen molar-refractivity contribution in [2.75, 3.05) is 0 Å². The summed E-state index contributed by atoms with van der Waals surface area (Å²) in [5, 5.41) is 9.38. The number of halogens is 3. The molecule has 0 fully saturated rings. The molecule has 0 amide bonds. The van der Waals surface area contributed by atoms with Gasteiger partial charge in [0.05, 0.1) is 16.5 Å². The predicted octanol–water partition coefficient (Wildman–Crippen LogP) is 4.31. The number of alkyl halides is 3. The summed E-state index contributed by atoms with van der Waals surface area (Å²) in [4.78, 5) is 6.99. The molecule has 1 aromatic heterocycles. The summed E-state index contributed by atoms with van der Waals surface area (Å²) >= 11 is 0. The lowest BCUT2D eigenvalue weighted by Gasteiger charge is -2.12. The fourth-order valence-corrected chi connectivity index (χ4v) is 2.00. The number of nitriles is 1.